The van der Waals surface area contributed by atoms with Crippen molar-refractivity contribution >= 4 is 43.7 Å². The van der Waals surface area contributed by atoms with Crippen LogP contribution in [-0.2, 0) is 16.8 Å². The zero-order chi connectivity index (χ0) is 30.4. The summed E-state index contributed by atoms with van der Waals surface area (Å²) in [6, 6.07) is 16.9. The molecule has 0 saturated heterocycles. The van der Waals surface area contributed by atoms with Crippen LogP contribution in [0.1, 0.15) is 32.3 Å². The van der Waals surface area contributed by atoms with Gasteiger partial charge in [0.05, 0.1) is 5.56 Å². The normalized spacial score (nSPS) is 11.0. The van der Waals surface area contributed by atoms with E-state index in [-0.39, 0.29) is 37.5 Å². The van der Waals surface area contributed by atoms with Gasteiger partial charge in [0.2, 0.25) is 5.88 Å². The van der Waals surface area contributed by atoms with Gasteiger partial charge in [-0.25, -0.2) is 19.9 Å². The van der Waals surface area contributed by atoms with Crippen molar-refractivity contribution in [3.05, 3.63) is 83.4 Å². The van der Waals surface area contributed by atoms with Crippen LogP contribution in [0.2, 0.25) is 0 Å². The van der Waals surface area contributed by atoms with Gasteiger partial charge in [0.15, 0.2) is 5.82 Å². The van der Waals surface area contributed by atoms with Crippen LogP contribution < -0.4 is 14.2 Å². The number of aromatic nitrogens is 4. The molecule has 0 radical (unpaired) electrons. The summed E-state index contributed by atoms with van der Waals surface area (Å²) in [5.41, 5.74) is 1.92. The predicted octanol–water partition coefficient (Wildman–Crippen LogP) is 6.47. The Labute approximate surface area is 260 Å². The SMILES string of the molecule is CCCC.CSc1cnc(OCCOc2ncnc(NS(=O)(=O)N(C)Cc3ccccc3)c2-c2ccc(Br)cc2)nc1. The summed E-state index contributed by atoms with van der Waals surface area (Å²) in [4.78, 5) is 17.7. The van der Waals surface area contributed by atoms with Crippen LogP contribution in [0.15, 0.2) is 82.7 Å². The molecular formula is C29H35BrN6O4S2. The maximum absolute atomic E-state index is 13.2. The monoisotopic (exact) mass is 674 g/mol. The van der Waals surface area contributed by atoms with Gasteiger partial charge in [-0.1, -0.05) is 85.1 Å². The first-order chi connectivity index (χ1) is 20.3. The van der Waals surface area contributed by atoms with Gasteiger partial charge in [0.25, 0.3) is 0 Å². The molecule has 4 aromatic rings. The Morgan fingerprint density at radius 2 is 1.55 bits per heavy atom. The Kier molecular flexibility index (Phi) is 13.5. The smallest absolute Gasteiger partial charge is 0.316 e. The fraction of sp³-hybridized carbons (Fsp3) is 0.310. The van der Waals surface area contributed by atoms with Crippen LogP contribution in [0.5, 0.6) is 11.9 Å². The number of ether oxygens (including phenoxy) is 2. The molecule has 0 aliphatic heterocycles. The quantitative estimate of drug-likeness (QED) is 0.126. The summed E-state index contributed by atoms with van der Waals surface area (Å²) in [7, 11) is -2.45. The van der Waals surface area contributed by atoms with Crippen molar-refractivity contribution < 1.29 is 17.9 Å². The van der Waals surface area contributed by atoms with Gasteiger partial charge in [0, 0.05) is 35.4 Å². The minimum Gasteiger partial charge on any atom is -0.473 e. The third-order valence-corrected chi connectivity index (χ3v) is 8.33. The molecule has 0 unspecified atom stereocenters. The molecule has 4 rings (SSSR count). The highest BCUT2D eigenvalue weighted by Gasteiger charge is 2.23. The van der Waals surface area contributed by atoms with Gasteiger partial charge < -0.3 is 9.47 Å². The molecule has 1 N–H and O–H groups in total. The van der Waals surface area contributed by atoms with E-state index in [1.165, 1.54) is 42.3 Å². The van der Waals surface area contributed by atoms with Gasteiger partial charge in [-0.3, -0.25) is 4.72 Å². The lowest BCUT2D eigenvalue weighted by Crippen LogP contribution is -2.32. The van der Waals surface area contributed by atoms with Crippen molar-refractivity contribution in [3.8, 4) is 23.0 Å². The molecule has 0 fully saturated rings. The Bertz CT molecular complexity index is 1480. The van der Waals surface area contributed by atoms with E-state index in [9.17, 15) is 8.42 Å². The Morgan fingerprint density at radius 3 is 2.17 bits per heavy atom. The second kappa shape index (κ2) is 17.0. The van der Waals surface area contributed by atoms with Crippen molar-refractivity contribution in [2.45, 2.75) is 38.1 Å². The molecule has 224 valence electrons. The van der Waals surface area contributed by atoms with Crippen LogP contribution >= 0.6 is 27.7 Å². The van der Waals surface area contributed by atoms with Gasteiger partial charge in [-0.2, -0.15) is 12.7 Å². The molecule has 0 atom stereocenters. The van der Waals surface area contributed by atoms with Crippen molar-refractivity contribution in [1.29, 1.82) is 0 Å². The number of anilines is 1. The molecule has 0 saturated carbocycles. The molecule has 2 aromatic carbocycles. The summed E-state index contributed by atoms with van der Waals surface area (Å²) in [6.07, 6.45) is 9.18. The zero-order valence-electron chi connectivity index (χ0n) is 24.0. The lowest BCUT2D eigenvalue weighted by molar-refractivity contribution is 0.201. The molecule has 2 heterocycles. The average Bonchev–Trinajstić information content (AvgIpc) is 3.01. The summed E-state index contributed by atoms with van der Waals surface area (Å²) < 4.78 is 42.5. The first kappa shape index (κ1) is 33.2. The number of unbranched alkanes of at least 4 members (excludes halogenated alkanes) is 1. The molecule has 42 heavy (non-hydrogen) atoms. The predicted molar refractivity (Wildman–Crippen MR) is 171 cm³/mol. The molecule has 0 bridgehead atoms. The van der Waals surface area contributed by atoms with E-state index in [1.807, 2.05) is 60.9 Å². The van der Waals surface area contributed by atoms with Gasteiger partial charge in [-0.05, 0) is 29.5 Å². The van der Waals surface area contributed by atoms with Crippen LogP contribution in [0, 0.1) is 0 Å². The molecule has 10 nitrogen and oxygen atoms in total. The number of thioether (sulfide) groups is 1. The van der Waals surface area contributed by atoms with Gasteiger partial charge in [-0.15, -0.1) is 11.8 Å². The lowest BCUT2D eigenvalue weighted by Gasteiger charge is -2.20. The fourth-order valence-electron chi connectivity index (χ4n) is 3.31. The van der Waals surface area contributed by atoms with E-state index < -0.39 is 10.2 Å². The van der Waals surface area contributed by atoms with Crippen LogP contribution in [0.3, 0.4) is 0 Å². The highest BCUT2D eigenvalue weighted by Crippen LogP contribution is 2.35. The topological polar surface area (TPSA) is 119 Å². The highest BCUT2D eigenvalue weighted by atomic mass is 79.9. The average molecular weight is 676 g/mol. The van der Waals surface area contributed by atoms with Crippen molar-refractivity contribution in [2.24, 2.45) is 0 Å². The molecule has 0 aliphatic carbocycles. The Hall–Kier alpha value is -3.26. The minimum atomic E-state index is -3.95. The van der Waals surface area contributed by atoms with E-state index >= 15 is 0 Å². The summed E-state index contributed by atoms with van der Waals surface area (Å²) in [6.45, 7) is 4.83. The number of rotatable bonds is 13. The largest absolute Gasteiger partial charge is 0.473 e. The number of hydrogen-bond donors (Lipinski definition) is 1. The third-order valence-electron chi connectivity index (χ3n) is 5.72. The molecule has 2 aromatic heterocycles. The first-order valence-corrected chi connectivity index (χ1v) is 16.7. The summed E-state index contributed by atoms with van der Waals surface area (Å²) >= 11 is 4.96. The molecular weight excluding hydrogens is 640 g/mol. The Morgan fingerprint density at radius 1 is 0.905 bits per heavy atom. The summed E-state index contributed by atoms with van der Waals surface area (Å²) in [5.74, 6) is 0.294. The number of halogens is 1. The first-order valence-electron chi connectivity index (χ1n) is 13.3. The maximum Gasteiger partial charge on any atom is 0.316 e. The van der Waals surface area contributed by atoms with Crippen LogP contribution in [0.25, 0.3) is 11.1 Å². The van der Waals surface area contributed by atoms with Crippen molar-refractivity contribution in [1.82, 2.24) is 24.2 Å². The van der Waals surface area contributed by atoms with E-state index in [2.05, 4.69) is 54.4 Å². The number of hydrogen-bond acceptors (Lipinski definition) is 9. The third kappa shape index (κ3) is 10.2. The molecule has 0 aliphatic rings. The summed E-state index contributed by atoms with van der Waals surface area (Å²) in [5, 5.41) is 0. The van der Waals surface area contributed by atoms with E-state index in [4.69, 9.17) is 9.47 Å². The Balaban J connectivity index is 0.00000114. The number of nitrogens with zero attached hydrogens (tertiary/aromatic N) is 5. The van der Waals surface area contributed by atoms with Crippen molar-refractivity contribution in [3.63, 3.8) is 0 Å². The standard InChI is InChI=1S/C25H25BrN6O4S2.C4H10/c1-32(16-18-6-4-3-5-7-18)38(33,34)31-23-22(19-8-10-20(26)11-9-19)24(30-17-29-23)35-12-13-36-25-27-14-21(37-2)15-28-25;1-3-4-2/h3-11,14-15,17H,12-13,16H2,1-2H3,(H,29,30,31);3-4H2,1-2H3. The van der Waals surface area contributed by atoms with Crippen LogP contribution in [-0.4, -0.2) is 59.2 Å². The molecule has 13 heteroatoms. The number of nitrogens with one attached hydrogen (secondary N) is 1. The number of benzene rings is 2. The molecule has 0 amide bonds. The van der Waals surface area contributed by atoms with E-state index in [0.717, 1.165) is 14.9 Å². The fourth-order valence-corrected chi connectivity index (χ4v) is 4.77. The van der Waals surface area contributed by atoms with Crippen molar-refractivity contribution in [2.75, 3.05) is 31.2 Å². The second-order valence-electron chi connectivity index (χ2n) is 8.86. The second-order valence-corrected chi connectivity index (χ2v) is 12.4. The highest BCUT2D eigenvalue weighted by molar-refractivity contribution is 9.10. The zero-order valence-corrected chi connectivity index (χ0v) is 27.2. The van der Waals surface area contributed by atoms with E-state index in [1.54, 1.807) is 12.4 Å². The van der Waals surface area contributed by atoms with E-state index in [0.29, 0.717) is 11.1 Å². The maximum atomic E-state index is 13.2. The van der Waals surface area contributed by atoms with Gasteiger partial charge >= 0.3 is 16.2 Å². The lowest BCUT2D eigenvalue weighted by atomic mass is 10.1. The van der Waals surface area contributed by atoms with Crippen LogP contribution in [0.4, 0.5) is 5.82 Å². The minimum absolute atomic E-state index is 0.0918. The van der Waals surface area contributed by atoms with Gasteiger partial charge in [0.1, 0.15) is 19.5 Å². The molecule has 0 spiro atoms.